The second kappa shape index (κ2) is 6.86. The van der Waals surface area contributed by atoms with E-state index in [9.17, 15) is 0 Å². The van der Waals surface area contributed by atoms with Crippen molar-refractivity contribution in [1.29, 1.82) is 0 Å². The topological polar surface area (TPSA) is 34.1 Å². The van der Waals surface area contributed by atoms with Crippen molar-refractivity contribution in [2.75, 3.05) is 12.4 Å². The van der Waals surface area contributed by atoms with Crippen molar-refractivity contribution < 1.29 is 4.74 Å². The maximum absolute atomic E-state index is 5.08. The van der Waals surface area contributed by atoms with Crippen LogP contribution in [0.5, 0.6) is 5.88 Å². The van der Waals surface area contributed by atoms with Gasteiger partial charge in [-0.15, -0.1) is 0 Å². The monoisotopic (exact) mass is 286 g/mol. The Morgan fingerprint density at radius 3 is 2.81 bits per heavy atom. The largest absolute Gasteiger partial charge is 0.481 e. The van der Waals surface area contributed by atoms with E-state index in [1.165, 1.54) is 0 Å². The molecule has 0 aliphatic carbocycles. The lowest BCUT2D eigenvalue weighted by Gasteiger charge is -2.19. The number of nitrogens with one attached hydrogen (secondary N) is 1. The predicted molar refractivity (Wildman–Crippen MR) is 70.0 cm³/mol. The van der Waals surface area contributed by atoms with Gasteiger partial charge in [0.2, 0.25) is 5.88 Å². The van der Waals surface area contributed by atoms with E-state index in [0.717, 1.165) is 17.6 Å². The molecule has 0 saturated carbocycles. The van der Waals surface area contributed by atoms with Gasteiger partial charge in [0.05, 0.1) is 12.8 Å². The lowest BCUT2D eigenvalue weighted by atomic mass is 10.1. The molecule has 1 aromatic rings. The molecular weight excluding hydrogens is 268 g/mol. The zero-order chi connectivity index (χ0) is 12.0. The zero-order valence-corrected chi connectivity index (χ0v) is 11.6. The van der Waals surface area contributed by atoms with E-state index in [2.05, 4.69) is 40.1 Å². The van der Waals surface area contributed by atoms with Crippen molar-refractivity contribution in [2.24, 2.45) is 5.92 Å². The van der Waals surface area contributed by atoms with E-state index in [4.69, 9.17) is 4.74 Å². The summed E-state index contributed by atoms with van der Waals surface area (Å²) in [6.45, 7) is 5.17. The first kappa shape index (κ1) is 13.5. The molecule has 2 atom stereocenters. The first-order valence-electron chi connectivity index (χ1n) is 5.46. The molecule has 0 radical (unpaired) electrons. The molecule has 0 spiro atoms. The Hall–Kier alpha value is -0.610. The molecular formula is C12H19BrN2O. The summed E-state index contributed by atoms with van der Waals surface area (Å²) in [5.41, 5.74) is 1.01. The van der Waals surface area contributed by atoms with Gasteiger partial charge < -0.3 is 10.1 Å². The highest BCUT2D eigenvalue weighted by molar-refractivity contribution is 9.09. The second-order valence-electron chi connectivity index (χ2n) is 3.97. The molecule has 1 rings (SSSR count). The third-order valence-electron chi connectivity index (χ3n) is 2.69. The molecule has 0 bridgehead atoms. The minimum absolute atomic E-state index is 0.465. The van der Waals surface area contributed by atoms with Crippen molar-refractivity contribution in [2.45, 2.75) is 26.4 Å². The Morgan fingerprint density at radius 2 is 2.19 bits per heavy atom. The first-order chi connectivity index (χ1) is 7.67. The molecule has 0 amide bonds. The Balaban J connectivity index is 2.47. The summed E-state index contributed by atoms with van der Waals surface area (Å²) in [7, 11) is 1.63. The molecule has 0 aliphatic heterocycles. The third-order valence-corrected chi connectivity index (χ3v) is 3.71. The first-order valence-corrected chi connectivity index (χ1v) is 6.58. The Labute approximate surface area is 106 Å². The zero-order valence-electron chi connectivity index (χ0n) is 10.0. The van der Waals surface area contributed by atoms with E-state index < -0.39 is 0 Å². The van der Waals surface area contributed by atoms with Gasteiger partial charge in [0.25, 0.3) is 0 Å². The summed E-state index contributed by atoms with van der Waals surface area (Å²) in [6.07, 6.45) is 0. The maximum atomic E-state index is 5.08. The van der Waals surface area contributed by atoms with E-state index >= 15 is 0 Å². The van der Waals surface area contributed by atoms with E-state index in [1.54, 1.807) is 7.11 Å². The average molecular weight is 287 g/mol. The highest BCUT2D eigenvalue weighted by Gasteiger charge is 2.10. The van der Waals surface area contributed by atoms with Crippen LogP contribution in [0.3, 0.4) is 0 Å². The summed E-state index contributed by atoms with van der Waals surface area (Å²) >= 11 is 3.49. The Bertz CT molecular complexity index is 320. The van der Waals surface area contributed by atoms with Crippen molar-refractivity contribution in [3.8, 4) is 5.88 Å². The normalized spacial score (nSPS) is 14.5. The van der Waals surface area contributed by atoms with Gasteiger partial charge >= 0.3 is 0 Å². The summed E-state index contributed by atoms with van der Waals surface area (Å²) in [5, 5.41) is 4.46. The molecule has 1 aromatic heterocycles. The van der Waals surface area contributed by atoms with Crippen LogP contribution in [0, 0.1) is 5.92 Å². The lowest BCUT2D eigenvalue weighted by Crippen LogP contribution is -2.32. The molecule has 0 aromatic carbocycles. The fourth-order valence-electron chi connectivity index (χ4n) is 1.27. The van der Waals surface area contributed by atoms with Gasteiger partial charge in [-0.25, -0.2) is 4.98 Å². The molecule has 0 aliphatic rings. The molecule has 16 heavy (non-hydrogen) atoms. The van der Waals surface area contributed by atoms with Crippen LogP contribution in [0.4, 0.5) is 0 Å². The van der Waals surface area contributed by atoms with Crippen LogP contribution in [0.15, 0.2) is 18.2 Å². The molecule has 1 heterocycles. The predicted octanol–water partition coefficient (Wildman–Crippen LogP) is 2.60. The fraction of sp³-hybridized carbons (Fsp3) is 0.583. The second-order valence-corrected chi connectivity index (χ2v) is 4.62. The van der Waals surface area contributed by atoms with Gasteiger partial charge in [-0.3, -0.25) is 0 Å². The molecule has 1 N–H and O–H groups in total. The fourth-order valence-corrected chi connectivity index (χ4v) is 1.83. The smallest absolute Gasteiger partial charge is 0.213 e. The minimum atomic E-state index is 0.465. The van der Waals surface area contributed by atoms with Gasteiger partial charge in [-0.2, -0.15) is 0 Å². The average Bonchev–Trinajstić information content (AvgIpc) is 2.35. The van der Waals surface area contributed by atoms with Crippen LogP contribution in [-0.4, -0.2) is 23.5 Å². The number of ether oxygens (including phenoxy) is 1. The quantitative estimate of drug-likeness (QED) is 0.817. The SMILES string of the molecule is COc1cccc(CNC(C)C(C)CBr)n1. The number of aromatic nitrogens is 1. The van der Waals surface area contributed by atoms with Crippen LogP contribution < -0.4 is 10.1 Å². The van der Waals surface area contributed by atoms with Crippen molar-refractivity contribution in [3.05, 3.63) is 23.9 Å². The van der Waals surface area contributed by atoms with Crippen LogP contribution in [-0.2, 0) is 6.54 Å². The van der Waals surface area contributed by atoms with Crippen LogP contribution in [0.1, 0.15) is 19.5 Å². The Morgan fingerprint density at radius 1 is 1.44 bits per heavy atom. The molecule has 2 unspecified atom stereocenters. The van der Waals surface area contributed by atoms with Gasteiger partial charge in [0.15, 0.2) is 0 Å². The minimum Gasteiger partial charge on any atom is -0.481 e. The van der Waals surface area contributed by atoms with E-state index in [0.29, 0.717) is 17.8 Å². The van der Waals surface area contributed by atoms with Gasteiger partial charge in [-0.05, 0) is 18.9 Å². The third kappa shape index (κ3) is 4.10. The summed E-state index contributed by atoms with van der Waals surface area (Å²) in [6, 6.07) is 6.28. The number of halogens is 1. The summed E-state index contributed by atoms with van der Waals surface area (Å²) in [4.78, 5) is 4.35. The van der Waals surface area contributed by atoms with Crippen molar-refractivity contribution >= 4 is 15.9 Å². The number of pyridine rings is 1. The summed E-state index contributed by atoms with van der Waals surface area (Å²) in [5.74, 6) is 1.27. The number of nitrogens with zero attached hydrogens (tertiary/aromatic N) is 1. The highest BCUT2D eigenvalue weighted by Crippen LogP contribution is 2.09. The van der Waals surface area contributed by atoms with Crippen molar-refractivity contribution in [1.82, 2.24) is 10.3 Å². The highest BCUT2D eigenvalue weighted by atomic mass is 79.9. The van der Waals surface area contributed by atoms with Crippen LogP contribution >= 0.6 is 15.9 Å². The van der Waals surface area contributed by atoms with Gasteiger partial charge in [-0.1, -0.05) is 28.9 Å². The molecule has 4 heteroatoms. The van der Waals surface area contributed by atoms with E-state index in [-0.39, 0.29) is 0 Å². The number of hydrogen-bond donors (Lipinski definition) is 1. The maximum Gasteiger partial charge on any atom is 0.213 e. The van der Waals surface area contributed by atoms with Crippen LogP contribution in [0.2, 0.25) is 0 Å². The standard InChI is InChI=1S/C12H19BrN2O/c1-9(7-13)10(2)14-8-11-5-4-6-12(15-11)16-3/h4-6,9-10,14H,7-8H2,1-3H3. The van der Waals surface area contributed by atoms with Gasteiger partial charge in [0, 0.05) is 24.0 Å². The van der Waals surface area contributed by atoms with Crippen molar-refractivity contribution in [3.63, 3.8) is 0 Å². The van der Waals surface area contributed by atoms with Gasteiger partial charge in [0.1, 0.15) is 0 Å². The molecule has 0 fully saturated rings. The number of hydrogen-bond acceptors (Lipinski definition) is 3. The number of methoxy groups -OCH3 is 1. The number of alkyl halides is 1. The molecule has 90 valence electrons. The molecule has 3 nitrogen and oxygen atoms in total. The lowest BCUT2D eigenvalue weighted by molar-refractivity contribution is 0.392. The Kier molecular flexibility index (Phi) is 5.77. The molecule has 0 saturated heterocycles. The van der Waals surface area contributed by atoms with Crippen LogP contribution in [0.25, 0.3) is 0 Å². The number of rotatable bonds is 6. The van der Waals surface area contributed by atoms with E-state index in [1.807, 2.05) is 18.2 Å². The summed E-state index contributed by atoms with van der Waals surface area (Å²) < 4.78 is 5.08.